The number of unbranched alkanes of at least 4 members (excludes halogenated alkanes) is 1. The van der Waals surface area contributed by atoms with Gasteiger partial charge in [0, 0.05) is 6.42 Å². The van der Waals surface area contributed by atoms with E-state index >= 15 is 0 Å². The first-order chi connectivity index (χ1) is 9.64. The molecule has 3 nitrogen and oxygen atoms in total. The Hall–Kier alpha value is -0.793. The fourth-order valence-electron chi connectivity index (χ4n) is 1.54. The Bertz CT molecular complexity index is 372. The molecule has 0 amide bonds. The average molecular weight is 313 g/mol. The minimum Gasteiger partial charge on any atom is -0.469 e. The summed E-state index contributed by atoms with van der Waals surface area (Å²) in [6.07, 6.45) is 4.10. The molecule has 0 aromatic heterocycles. The maximum absolute atomic E-state index is 11.1. The maximum atomic E-state index is 11.1. The van der Waals surface area contributed by atoms with Crippen molar-refractivity contribution in [2.75, 3.05) is 7.11 Å². The highest BCUT2D eigenvalue weighted by Gasteiger charge is 2.38. The molecule has 0 rings (SSSR count). The maximum Gasteiger partial charge on any atom is 0.306 e. The van der Waals surface area contributed by atoms with Gasteiger partial charge in [0.15, 0.2) is 8.32 Å². The molecule has 0 saturated heterocycles. The quantitative estimate of drug-likeness (QED) is 0.394. The highest BCUT2D eigenvalue weighted by Crippen LogP contribution is 2.37. The second-order valence-corrected chi connectivity index (χ2v) is 11.7. The third-order valence-electron chi connectivity index (χ3n) is 4.01. The van der Waals surface area contributed by atoms with E-state index in [0.29, 0.717) is 12.8 Å². The van der Waals surface area contributed by atoms with E-state index in [-0.39, 0.29) is 17.1 Å². The van der Waals surface area contributed by atoms with Crippen molar-refractivity contribution in [1.29, 1.82) is 0 Å². The van der Waals surface area contributed by atoms with E-state index in [4.69, 9.17) is 4.43 Å². The second kappa shape index (κ2) is 9.27. The van der Waals surface area contributed by atoms with Crippen molar-refractivity contribution in [3.63, 3.8) is 0 Å². The molecule has 0 fully saturated rings. The van der Waals surface area contributed by atoms with Gasteiger partial charge in [0.1, 0.15) is 6.10 Å². The van der Waals surface area contributed by atoms with Crippen LogP contribution in [0.5, 0.6) is 0 Å². The fraction of sp³-hybridized carbons (Fsp3) is 0.824. The largest absolute Gasteiger partial charge is 0.469 e. The van der Waals surface area contributed by atoms with Crippen molar-refractivity contribution in [1.82, 2.24) is 0 Å². The normalized spacial score (nSPS) is 13.3. The minimum absolute atomic E-state index is 0.0107. The van der Waals surface area contributed by atoms with Crippen LogP contribution < -0.4 is 0 Å². The standard InChI is InChI=1S/C17H32O3Si/c1-8-9-12-15(13-10-11-14-16(18)19-5)20-21(6,7)17(2,3)4/h15H,8-9,11-12,14H2,1-7H3/t15-/m1/s1. The number of carbonyl (C=O) groups excluding carboxylic acids is 1. The van der Waals surface area contributed by atoms with Crippen molar-refractivity contribution in [2.45, 2.75) is 84.0 Å². The Labute approximate surface area is 131 Å². The molecule has 4 heteroatoms. The van der Waals surface area contributed by atoms with Gasteiger partial charge in [0.2, 0.25) is 0 Å². The van der Waals surface area contributed by atoms with Crippen LogP contribution in [-0.2, 0) is 14.0 Å². The Morgan fingerprint density at radius 3 is 2.38 bits per heavy atom. The van der Waals surface area contributed by atoms with Crippen LogP contribution in [0, 0.1) is 11.8 Å². The third-order valence-corrected chi connectivity index (χ3v) is 8.49. The molecule has 0 spiro atoms. The van der Waals surface area contributed by atoms with Crippen molar-refractivity contribution >= 4 is 14.3 Å². The molecular formula is C17H32O3Si. The van der Waals surface area contributed by atoms with E-state index in [9.17, 15) is 4.79 Å². The molecule has 0 unspecified atom stereocenters. The topological polar surface area (TPSA) is 35.5 Å². The second-order valence-electron chi connectivity index (χ2n) is 6.91. The lowest BCUT2D eigenvalue weighted by molar-refractivity contribution is -0.140. The Kier molecular flexibility index (Phi) is 8.92. The zero-order chi connectivity index (χ0) is 16.5. The zero-order valence-corrected chi connectivity index (χ0v) is 15.8. The van der Waals surface area contributed by atoms with Crippen LogP contribution in [0.3, 0.4) is 0 Å². The number of esters is 1. The van der Waals surface area contributed by atoms with Crippen LogP contribution in [0.2, 0.25) is 18.1 Å². The van der Waals surface area contributed by atoms with Crippen LogP contribution in [0.1, 0.15) is 59.8 Å². The van der Waals surface area contributed by atoms with Gasteiger partial charge in [-0.15, -0.1) is 0 Å². The molecule has 0 aliphatic carbocycles. The van der Waals surface area contributed by atoms with E-state index < -0.39 is 8.32 Å². The first-order valence-corrected chi connectivity index (χ1v) is 10.8. The number of ether oxygens (including phenoxy) is 1. The molecule has 0 radical (unpaired) electrons. The lowest BCUT2D eigenvalue weighted by Crippen LogP contribution is -2.43. The first-order valence-electron chi connectivity index (χ1n) is 7.87. The summed E-state index contributed by atoms with van der Waals surface area (Å²) in [5.74, 6) is 6.09. The van der Waals surface area contributed by atoms with Gasteiger partial charge in [0.05, 0.1) is 13.5 Å². The average Bonchev–Trinajstić information content (AvgIpc) is 2.38. The van der Waals surface area contributed by atoms with Gasteiger partial charge in [-0.05, 0) is 24.6 Å². The van der Waals surface area contributed by atoms with Crippen molar-refractivity contribution in [2.24, 2.45) is 0 Å². The van der Waals surface area contributed by atoms with Gasteiger partial charge in [-0.25, -0.2) is 0 Å². The van der Waals surface area contributed by atoms with E-state index in [1.165, 1.54) is 7.11 Å². The summed E-state index contributed by atoms with van der Waals surface area (Å²) in [7, 11) is -0.398. The molecule has 0 aliphatic heterocycles. The molecule has 0 aliphatic rings. The van der Waals surface area contributed by atoms with Crippen molar-refractivity contribution in [3.8, 4) is 11.8 Å². The number of methoxy groups -OCH3 is 1. The van der Waals surface area contributed by atoms with Crippen molar-refractivity contribution in [3.05, 3.63) is 0 Å². The van der Waals surface area contributed by atoms with Crippen LogP contribution in [0.25, 0.3) is 0 Å². The monoisotopic (exact) mass is 312 g/mol. The molecule has 0 heterocycles. The molecule has 0 N–H and O–H groups in total. The third kappa shape index (κ3) is 8.28. The van der Waals surface area contributed by atoms with Gasteiger partial charge >= 0.3 is 5.97 Å². The zero-order valence-electron chi connectivity index (χ0n) is 14.8. The summed E-state index contributed by atoms with van der Waals surface area (Å²) in [5, 5.41) is 0.186. The van der Waals surface area contributed by atoms with Gasteiger partial charge in [-0.2, -0.15) is 0 Å². The summed E-state index contributed by atoms with van der Waals surface area (Å²) in [5.41, 5.74) is 0. The van der Waals surface area contributed by atoms with Gasteiger partial charge in [0.25, 0.3) is 0 Å². The molecule has 122 valence electrons. The Morgan fingerprint density at radius 2 is 1.90 bits per heavy atom. The van der Waals surface area contributed by atoms with Crippen molar-refractivity contribution < 1.29 is 14.0 Å². The van der Waals surface area contributed by atoms with Gasteiger partial charge in [-0.1, -0.05) is 52.4 Å². The smallest absolute Gasteiger partial charge is 0.306 e. The fourth-order valence-corrected chi connectivity index (χ4v) is 2.78. The molecule has 21 heavy (non-hydrogen) atoms. The van der Waals surface area contributed by atoms with E-state index in [1.807, 2.05) is 0 Å². The number of hydrogen-bond acceptors (Lipinski definition) is 3. The summed E-state index contributed by atoms with van der Waals surface area (Å²) in [4.78, 5) is 11.1. The molecule has 0 saturated carbocycles. The predicted molar refractivity (Wildman–Crippen MR) is 90.6 cm³/mol. The molecule has 1 atom stereocenters. The predicted octanol–water partition coefficient (Wildman–Crippen LogP) is 4.52. The van der Waals surface area contributed by atoms with Crippen LogP contribution in [0.4, 0.5) is 0 Å². The summed E-state index contributed by atoms with van der Waals surface area (Å²) in [6, 6.07) is 0. The summed E-state index contributed by atoms with van der Waals surface area (Å²) < 4.78 is 11.0. The van der Waals surface area contributed by atoms with E-state index in [1.54, 1.807) is 0 Å². The van der Waals surface area contributed by atoms with Gasteiger partial charge in [-0.3, -0.25) is 4.79 Å². The highest BCUT2D eigenvalue weighted by atomic mass is 28.4. The van der Waals surface area contributed by atoms with Crippen LogP contribution in [0.15, 0.2) is 0 Å². The Balaban J connectivity index is 4.66. The molecule has 0 aromatic rings. The number of carbonyl (C=O) groups is 1. The van der Waals surface area contributed by atoms with E-state index in [0.717, 1.165) is 19.3 Å². The highest BCUT2D eigenvalue weighted by molar-refractivity contribution is 6.74. The lowest BCUT2D eigenvalue weighted by Gasteiger charge is -2.38. The summed E-state index contributed by atoms with van der Waals surface area (Å²) >= 11 is 0. The number of hydrogen-bond donors (Lipinski definition) is 0. The summed E-state index contributed by atoms with van der Waals surface area (Å²) in [6.45, 7) is 13.4. The molecule has 0 aromatic carbocycles. The first kappa shape index (κ1) is 20.2. The van der Waals surface area contributed by atoms with Crippen LogP contribution in [-0.4, -0.2) is 27.5 Å². The lowest BCUT2D eigenvalue weighted by atomic mass is 10.1. The number of rotatable bonds is 7. The molecule has 0 bridgehead atoms. The SMILES string of the molecule is CCCC[C@H](C#CCCC(=O)OC)O[Si](C)(C)C(C)(C)C. The van der Waals surface area contributed by atoms with Crippen LogP contribution >= 0.6 is 0 Å². The molecular weight excluding hydrogens is 280 g/mol. The van der Waals surface area contributed by atoms with E-state index in [2.05, 4.69) is 57.4 Å². The minimum atomic E-state index is -1.80. The van der Waals surface area contributed by atoms with Gasteiger partial charge < -0.3 is 9.16 Å². The Morgan fingerprint density at radius 1 is 1.29 bits per heavy atom.